The Morgan fingerprint density at radius 3 is 2.14 bits per heavy atom. The lowest BCUT2D eigenvalue weighted by atomic mass is 10.00. The minimum atomic E-state index is -1.54. The molecule has 2 aromatic rings. The van der Waals surface area contributed by atoms with Gasteiger partial charge < -0.3 is 37.5 Å². The van der Waals surface area contributed by atoms with Gasteiger partial charge in [0.2, 0.25) is 23.6 Å². The molecular weight excluding hydrogens is 456 g/mol. The van der Waals surface area contributed by atoms with Gasteiger partial charge in [-0.25, -0.2) is 4.79 Å². The number of rotatable bonds is 12. The lowest BCUT2D eigenvalue weighted by Gasteiger charge is -2.26. The molecule has 0 spiro atoms. The van der Waals surface area contributed by atoms with E-state index in [1.165, 1.54) is 6.92 Å². The Balaban J connectivity index is 2.25. The quantitative estimate of drug-likeness (QED) is 0.200. The SMILES string of the molecule is CC(N)C(=O)NC(Cc1c[nH]c2ccccc12)C(=O)NC(C(=O)NC(CC(N)=O)C(=O)O)C(C)C. The number of fused-ring (bicyclic) bond motifs is 1. The first-order chi connectivity index (χ1) is 16.4. The second kappa shape index (κ2) is 12.0. The molecule has 9 N–H and O–H groups in total. The van der Waals surface area contributed by atoms with Gasteiger partial charge in [-0.05, 0) is 24.5 Å². The third kappa shape index (κ3) is 7.54. The number of aromatic nitrogens is 1. The van der Waals surface area contributed by atoms with Gasteiger partial charge in [0.25, 0.3) is 0 Å². The summed E-state index contributed by atoms with van der Waals surface area (Å²) in [6.45, 7) is 4.79. The molecule has 12 nitrogen and oxygen atoms in total. The van der Waals surface area contributed by atoms with Crippen LogP contribution in [-0.4, -0.2) is 63.9 Å². The molecule has 4 unspecified atom stereocenters. The number of benzene rings is 1. The molecule has 190 valence electrons. The van der Waals surface area contributed by atoms with Crippen LogP contribution in [0.1, 0.15) is 32.8 Å². The maximum atomic E-state index is 13.2. The highest BCUT2D eigenvalue weighted by Crippen LogP contribution is 2.19. The number of carbonyl (C=O) groups is 5. The van der Waals surface area contributed by atoms with Crippen molar-refractivity contribution in [1.29, 1.82) is 0 Å². The predicted octanol–water partition coefficient (Wildman–Crippen LogP) is -0.872. The molecule has 1 heterocycles. The van der Waals surface area contributed by atoms with E-state index in [0.717, 1.165) is 16.5 Å². The van der Waals surface area contributed by atoms with Crippen molar-refractivity contribution in [3.63, 3.8) is 0 Å². The Bertz CT molecular complexity index is 1100. The molecule has 2 rings (SSSR count). The van der Waals surface area contributed by atoms with E-state index >= 15 is 0 Å². The number of primary amides is 1. The smallest absolute Gasteiger partial charge is 0.326 e. The highest BCUT2D eigenvalue weighted by Gasteiger charge is 2.32. The average Bonchev–Trinajstić information content (AvgIpc) is 3.18. The van der Waals surface area contributed by atoms with Crippen LogP contribution >= 0.6 is 0 Å². The van der Waals surface area contributed by atoms with Crippen molar-refractivity contribution in [2.75, 3.05) is 0 Å². The van der Waals surface area contributed by atoms with Crippen molar-refractivity contribution < 1.29 is 29.1 Å². The number of amides is 4. The Morgan fingerprint density at radius 1 is 0.943 bits per heavy atom. The van der Waals surface area contributed by atoms with E-state index < -0.39 is 66.1 Å². The number of para-hydroxylation sites is 1. The minimum absolute atomic E-state index is 0.111. The molecule has 0 aliphatic rings. The molecule has 0 aliphatic heterocycles. The van der Waals surface area contributed by atoms with Gasteiger partial charge in [0.1, 0.15) is 18.1 Å². The van der Waals surface area contributed by atoms with Gasteiger partial charge in [-0.2, -0.15) is 0 Å². The van der Waals surface area contributed by atoms with Crippen molar-refractivity contribution in [3.05, 3.63) is 36.0 Å². The van der Waals surface area contributed by atoms with Crippen LogP contribution in [0.25, 0.3) is 10.9 Å². The maximum Gasteiger partial charge on any atom is 0.326 e. The zero-order chi connectivity index (χ0) is 26.3. The highest BCUT2D eigenvalue weighted by molar-refractivity contribution is 5.95. The summed E-state index contributed by atoms with van der Waals surface area (Å²) in [5, 5.41) is 17.6. The molecule has 1 aromatic heterocycles. The van der Waals surface area contributed by atoms with E-state index in [4.69, 9.17) is 11.5 Å². The van der Waals surface area contributed by atoms with Crippen LogP contribution in [-0.2, 0) is 30.4 Å². The largest absolute Gasteiger partial charge is 0.480 e. The Morgan fingerprint density at radius 2 is 1.57 bits per heavy atom. The van der Waals surface area contributed by atoms with Crippen LogP contribution in [0.15, 0.2) is 30.5 Å². The molecule has 4 atom stereocenters. The number of carboxylic acid groups (broad SMARTS) is 1. The van der Waals surface area contributed by atoms with Crippen LogP contribution in [0, 0.1) is 5.92 Å². The third-order valence-electron chi connectivity index (χ3n) is 5.41. The van der Waals surface area contributed by atoms with Crippen molar-refractivity contribution >= 4 is 40.5 Å². The number of hydrogen-bond acceptors (Lipinski definition) is 6. The lowest BCUT2D eigenvalue weighted by molar-refractivity contribution is -0.144. The monoisotopic (exact) mass is 488 g/mol. The Kier molecular flexibility index (Phi) is 9.34. The number of aromatic amines is 1. The molecule has 35 heavy (non-hydrogen) atoms. The van der Waals surface area contributed by atoms with E-state index in [1.54, 1.807) is 20.0 Å². The molecule has 0 fully saturated rings. The summed E-state index contributed by atoms with van der Waals surface area (Å²) in [7, 11) is 0. The van der Waals surface area contributed by atoms with Crippen molar-refractivity contribution in [2.24, 2.45) is 17.4 Å². The van der Waals surface area contributed by atoms with Crippen molar-refractivity contribution in [2.45, 2.75) is 57.8 Å². The van der Waals surface area contributed by atoms with Gasteiger partial charge in [-0.15, -0.1) is 0 Å². The summed E-state index contributed by atoms with van der Waals surface area (Å²) in [4.78, 5) is 64.0. The number of nitrogens with one attached hydrogen (secondary N) is 4. The Labute approximate surface area is 202 Å². The summed E-state index contributed by atoms with van der Waals surface area (Å²) in [5.74, 6) is -4.79. The Hall–Kier alpha value is -3.93. The minimum Gasteiger partial charge on any atom is -0.480 e. The highest BCUT2D eigenvalue weighted by atomic mass is 16.4. The van der Waals surface area contributed by atoms with Gasteiger partial charge in [-0.3, -0.25) is 19.2 Å². The normalized spacial score (nSPS) is 14.5. The van der Waals surface area contributed by atoms with E-state index in [9.17, 15) is 29.1 Å². The van der Waals surface area contributed by atoms with Crippen LogP contribution in [0.4, 0.5) is 0 Å². The number of hydrogen-bond donors (Lipinski definition) is 7. The van der Waals surface area contributed by atoms with Crippen LogP contribution in [0.2, 0.25) is 0 Å². The summed E-state index contributed by atoms with van der Waals surface area (Å²) in [5.41, 5.74) is 12.3. The second-order valence-corrected chi connectivity index (χ2v) is 8.71. The first-order valence-corrected chi connectivity index (χ1v) is 11.1. The fourth-order valence-corrected chi connectivity index (χ4v) is 3.48. The number of carbonyl (C=O) groups excluding carboxylic acids is 4. The van der Waals surface area contributed by atoms with Gasteiger partial charge in [0.05, 0.1) is 12.5 Å². The lowest BCUT2D eigenvalue weighted by Crippen LogP contribution is -2.59. The second-order valence-electron chi connectivity index (χ2n) is 8.71. The number of nitrogens with two attached hydrogens (primary N) is 2. The molecule has 0 bridgehead atoms. The predicted molar refractivity (Wildman–Crippen MR) is 128 cm³/mol. The topological polar surface area (TPSA) is 209 Å². The molecule has 12 heteroatoms. The summed E-state index contributed by atoms with van der Waals surface area (Å²) in [6, 6.07) is 2.83. The van der Waals surface area contributed by atoms with Crippen molar-refractivity contribution in [1.82, 2.24) is 20.9 Å². The van der Waals surface area contributed by atoms with E-state index in [0.29, 0.717) is 0 Å². The number of H-pyrrole nitrogens is 1. The molecular formula is C23H32N6O6. The van der Waals surface area contributed by atoms with E-state index in [-0.39, 0.29) is 6.42 Å². The molecule has 0 saturated heterocycles. The maximum absolute atomic E-state index is 13.2. The van der Waals surface area contributed by atoms with E-state index in [1.807, 2.05) is 24.3 Å². The zero-order valence-electron chi connectivity index (χ0n) is 19.8. The molecule has 0 aliphatic carbocycles. The van der Waals surface area contributed by atoms with Gasteiger partial charge >= 0.3 is 5.97 Å². The molecule has 1 aromatic carbocycles. The van der Waals surface area contributed by atoms with Crippen LogP contribution < -0.4 is 27.4 Å². The van der Waals surface area contributed by atoms with Gasteiger partial charge in [-0.1, -0.05) is 32.0 Å². The number of aliphatic carboxylic acids is 1. The third-order valence-corrected chi connectivity index (χ3v) is 5.41. The van der Waals surface area contributed by atoms with Gasteiger partial charge in [0.15, 0.2) is 0 Å². The van der Waals surface area contributed by atoms with E-state index in [2.05, 4.69) is 20.9 Å². The van der Waals surface area contributed by atoms with Crippen molar-refractivity contribution in [3.8, 4) is 0 Å². The molecule has 0 saturated carbocycles. The van der Waals surface area contributed by atoms with Gasteiger partial charge in [0, 0.05) is 23.5 Å². The fourth-order valence-electron chi connectivity index (χ4n) is 3.48. The summed E-state index contributed by atoms with van der Waals surface area (Å²) in [6.07, 6.45) is 1.24. The molecule has 4 amide bonds. The first-order valence-electron chi connectivity index (χ1n) is 11.1. The molecule has 0 radical (unpaired) electrons. The zero-order valence-corrected chi connectivity index (χ0v) is 19.8. The summed E-state index contributed by atoms with van der Waals surface area (Å²) >= 11 is 0. The average molecular weight is 489 g/mol. The van der Waals surface area contributed by atoms with Crippen LogP contribution in [0.5, 0.6) is 0 Å². The number of carboxylic acids is 1. The standard InChI is InChI=1S/C23H32N6O6/c1-11(2)19(22(33)28-17(23(34)35)9-18(25)30)29-21(32)16(27-20(31)12(3)24)8-13-10-26-15-7-5-4-6-14(13)15/h4-7,10-12,16-17,19,26H,8-9,24H2,1-3H3,(H2,25,30)(H,27,31)(H,28,33)(H,29,32)(H,34,35). The first kappa shape index (κ1) is 27.3. The van der Waals surface area contributed by atoms with Crippen LogP contribution in [0.3, 0.4) is 0 Å². The summed E-state index contributed by atoms with van der Waals surface area (Å²) < 4.78 is 0. The fraction of sp³-hybridized carbons (Fsp3) is 0.435.